The molecule has 0 heterocycles. The first-order valence-corrected chi connectivity index (χ1v) is 10.3. The Morgan fingerprint density at radius 3 is 2.68 bits per heavy atom. The third-order valence-corrected chi connectivity index (χ3v) is 5.04. The van der Waals surface area contributed by atoms with Crippen LogP contribution in [0.2, 0.25) is 0 Å². The monoisotopic (exact) mass is 478 g/mol. The van der Waals surface area contributed by atoms with Gasteiger partial charge in [0.05, 0.1) is 0 Å². The zero-order valence-corrected chi connectivity index (χ0v) is 18.7. The molecule has 0 aliphatic rings. The van der Waals surface area contributed by atoms with Gasteiger partial charge in [-0.1, -0.05) is 45.8 Å². The molecule has 0 fully saturated rings. The summed E-state index contributed by atoms with van der Waals surface area (Å²) in [5.74, 6) is -0.378. The van der Waals surface area contributed by atoms with E-state index in [1.807, 2.05) is 38.1 Å². The van der Waals surface area contributed by atoms with Gasteiger partial charge < -0.3 is 10.1 Å². The van der Waals surface area contributed by atoms with Crippen molar-refractivity contribution < 1.29 is 13.9 Å². The number of halogens is 2. The molecule has 0 atom stereocenters. The first kappa shape index (κ1) is 22.3. The number of carbonyl (C=O) groups excluding carboxylic acids is 1. The SMILES string of the molecule is Cc1ccc(NC(=O)/C(C#N)=C/c2cc(Br)ccc2OCc2cccc(F)c2)c(C)c1. The quantitative estimate of drug-likeness (QED) is 0.332. The molecule has 1 amide bonds. The maximum absolute atomic E-state index is 13.4. The number of nitrogens with zero attached hydrogens (tertiary/aromatic N) is 1. The van der Waals surface area contributed by atoms with E-state index in [1.165, 1.54) is 18.2 Å². The average molecular weight is 479 g/mol. The van der Waals surface area contributed by atoms with E-state index in [-0.39, 0.29) is 18.0 Å². The minimum atomic E-state index is -0.509. The number of nitriles is 1. The van der Waals surface area contributed by atoms with Crippen molar-refractivity contribution in [2.75, 3.05) is 5.32 Å². The number of hydrogen-bond donors (Lipinski definition) is 1. The molecule has 156 valence electrons. The van der Waals surface area contributed by atoms with E-state index in [9.17, 15) is 14.4 Å². The third kappa shape index (κ3) is 6.03. The molecule has 0 bridgehead atoms. The molecule has 0 saturated carbocycles. The van der Waals surface area contributed by atoms with Crippen molar-refractivity contribution in [3.63, 3.8) is 0 Å². The van der Waals surface area contributed by atoms with Crippen molar-refractivity contribution >= 4 is 33.6 Å². The van der Waals surface area contributed by atoms with Crippen molar-refractivity contribution in [1.29, 1.82) is 5.26 Å². The zero-order valence-electron chi connectivity index (χ0n) is 17.1. The molecule has 6 heteroatoms. The molecule has 0 aliphatic heterocycles. The van der Waals surface area contributed by atoms with Crippen LogP contribution in [-0.2, 0) is 11.4 Å². The number of benzene rings is 3. The predicted octanol–water partition coefficient (Wildman–Crippen LogP) is 6.33. The Hall–Kier alpha value is -3.43. The fourth-order valence-electron chi connectivity index (χ4n) is 3.00. The molecule has 3 aromatic carbocycles. The largest absolute Gasteiger partial charge is 0.488 e. The van der Waals surface area contributed by atoms with Crippen molar-refractivity contribution in [3.8, 4) is 11.8 Å². The maximum atomic E-state index is 13.4. The second-order valence-electron chi connectivity index (χ2n) is 7.04. The summed E-state index contributed by atoms with van der Waals surface area (Å²) in [4.78, 5) is 12.7. The van der Waals surface area contributed by atoms with Gasteiger partial charge in [0.25, 0.3) is 5.91 Å². The van der Waals surface area contributed by atoms with Crippen molar-refractivity contribution in [2.45, 2.75) is 20.5 Å². The Kier molecular flexibility index (Phi) is 7.22. The first-order valence-electron chi connectivity index (χ1n) is 9.53. The van der Waals surface area contributed by atoms with Crippen LogP contribution >= 0.6 is 15.9 Å². The van der Waals surface area contributed by atoms with Gasteiger partial charge >= 0.3 is 0 Å². The van der Waals surface area contributed by atoms with E-state index < -0.39 is 5.91 Å². The Bertz CT molecular complexity index is 1200. The number of nitrogens with one attached hydrogen (secondary N) is 1. The van der Waals surface area contributed by atoms with E-state index in [0.29, 0.717) is 22.6 Å². The van der Waals surface area contributed by atoms with Crippen molar-refractivity contribution in [3.05, 3.63) is 98.8 Å². The van der Waals surface area contributed by atoms with Gasteiger partial charge in [-0.05, 0) is 67.4 Å². The molecule has 0 saturated heterocycles. The van der Waals surface area contributed by atoms with Crippen LogP contribution in [0.25, 0.3) is 6.08 Å². The molecule has 0 radical (unpaired) electrons. The van der Waals surface area contributed by atoms with Gasteiger partial charge in [-0.15, -0.1) is 0 Å². The molecule has 3 rings (SSSR count). The number of carbonyl (C=O) groups is 1. The lowest BCUT2D eigenvalue weighted by atomic mass is 10.1. The van der Waals surface area contributed by atoms with Crippen LogP contribution in [0.4, 0.5) is 10.1 Å². The van der Waals surface area contributed by atoms with Crippen LogP contribution < -0.4 is 10.1 Å². The first-order chi connectivity index (χ1) is 14.9. The molecule has 31 heavy (non-hydrogen) atoms. The number of hydrogen-bond acceptors (Lipinski definition) is 3. The summed E-state index contributed by atoms with van der Waals surface area (Å²) in [5, 5.41) is 12.4. The lowest BCUT2D eigenvalue weighted by Crippen LogP contribution is -2.14. The second-order valence-corrected chi connectivity index (χ2v) is 7.96. The summed E-state index contributed by atoms with van der Waals surface area (Å²) in [6, 6.07) is 19.0. The Labute approximate surface area is 189 Å². The normalized spacial score (nSPS) is 11.0. The van der Waals surface area contributed by atoms with E-state index in [1.54, 1.807) is 30.3 Å². The molecular weight excluding hydrogens is 459 g/mol. The van der Waals surface area contributed by atoms with Gasteiger partial charge in [-0.25, -0.2) is 4.39 Å². The molecule has 3 aromatic rings. The zero-order chi connectivity index (χ0) is 22.4. The summed E-state index contributed by atoms with van der Waals surface area (Å²) in [7, 11) is 0. The summed E-state index contributed by atoms with van der Waals surface area (Å²) >= 11 is 3.40. The summed E-state index contributed by atoms with van der Waals surface area (Å²) in [6.07, 6.45) is 1.48. The number of aryl methyl sites for hydroxylation is 2. The van der Waals surface area contributed by atoms with Crippen LogP contribution in [0.3, 0.4) is 0 Å². The summed E-state index contributed by atoms with van der Waals surface area (Å²) in [6.45, 7) is 4.01. The highest BCUT2D eigenvalue weighted by molar-refractivity contribution is 9.10. The molecule has 0 unspecified atom stereocenters. The Balaban J connectivity index is 1.84. The van der Waals surface area contributed by atoms with E-state index in [4.69, 9.17) is 4.74 Å². The predicted molar refractivity (Wildman–Crippen MR) is 123 cm³/mol. The highest BCUT2D eigenvalue weighted by Gasteiger charge is 2.13. The standard InChI is InChI=1S/C25H20BrFN2O2/c1-16-6-8-23(17(2)10-16)29-25(30)20(14-28)12-19-13-21(26)7-9-24(19)31-15-18-4-3-5-22(27)11-18/h3-13H,15H2,1-2H3,(H,29,30)/b20-12+. The minimum absolute atomic E-state index is 0.0614. The van der Waals surface area contributed by atoms with E-state index >= 15 is 0 Å². The van der Waals surface area contributed by atoms with Crippen LogP contribution in [-0.4, -0.2) is 5.91 Å². The van der Waals surface area contributed by atoms with Crippen LogP contribution in [0.15, 0.2) is 70.7 Å². The molecule has 0 aromatic heterocycles. The lowest BCUT2D eigenvalue weighted by molar-refractivity contribution is -0.112. The summed E-state index contributed by atoms with van der Waals surface area (Å²) < 4.78 is 20.0. The highest BCUT2D eigenvalue weighted by Crippen LogP contribution is 2.27. The highest BCUT2D eigenvalue weighted by atomic mass is 79.9. The van der Waals surface area contributed by atoms with Gasteiger partial charge in [-0.3, -0.25) is 4.79 Å². The molecular formula is C25H20BrFN2O2. The average Bonchev–Trinajstić information content (AvgIpc) is 2.73. The molecule has 4 nitrogen and oxygen atoms in total. The second kappa shape index (κ2) is 10.1. The van der Waals surface area contributed by atoms with Gasteiger partial charge in [0, 0.05) is 15.7 Å². The molecule has 0 spiro atoms. The van der Waals surface area contributed by atoms with Crippen molar-refractivity contribution in [1.82, 2.24) is 0 Å². The van der Waals surface area contributed by atoms with E-state index in [0.717, 1.165) is 15.6 Å². The van der Waals surface area contributed by atoms with Gasteiger partial charge in [0.2, 0.25) is 0 Å². The summed E-state index contributed by atoms with van der Waals surface area (Å²) in [5.41, 5.74) is 3.80. The molecule has 1 N–H and O–H groups in total. The Morgan fingerprint density at radius 1 is 1.16 bits per heavy atom. The minimum Gasteiger partial charge on any atom is -0.488 e. The Morgan fingerprint density at radius 2 is 1.97 bits per heavy atom. The lowest BCUT2D eigenvalue weighted by Gasteiger charge is -2.11. The topological polar surface area (TPSA) is 62.1 Å². The van der Waals surface area contributed by atoms with Crippen molar-refractivity contribution in [2.24, 2.45) is 0 Å². The third-order valence-electron chi connectivity index (χ3n) is 4.55. The van der Waals surface area contributed by atoms with Gasteiger partial charge in [0.15, 0.2) is 0 Å². The van der Waals surface area contributed by atoms with Gasteiger partial charge in [-0.2, -0.15) is 5.26 Å². The number of ether oxygens (including phenoxy) is 1. The number of rotatable bonds is 6. The van der Waals surface area contributed by atoms with Crippen LogP contribution in [0.1, 0.15) is 22.3 Å². The fourth-order valence-corrected chi connectivity index (χ4v) is 3.38. The van der Waals surface area contributed by atoms with E-state index in [2.05, 4.69) is 21.2 Å². The smallest absolute Gasteiger partial charge is 0.266 e. The fraction of sp³-hybridized carbons (Fsp3) is 0.120. The van der Waals surface area contributed by atoms with Crippen LogP contribution in [0.5, 0.6) is 5.75 Å². The maximum Gasteiger partial charge on any atom is 0.266 e. The number of amides is 1. The van der Waals surface area contributed by atoms with Crippen LogP contribution in [0, 0.1) is 31.0 Å². The molecule has 0 aliphatic carbocycles. The number of anilines is 1. The van der Waals surface area contributed by atoms with Gasteiger partial charge in [0.1, 0.15) is 29.8 Å².